The van der Waals surface area contributed by atoms with Crippen molar-refractivity contribution >= 4 is 37.6 Å². The molecule has 0 aliphatic heterocycles. The smallest absolute Gasteiger partial charge is 0.0893 e. The van der Waals surface area contributed by atoms with Crippen molar-refractivity contribution in [1.82, 2.24) is 4.98 Å². The molecule has 1 aromatic heterocycles. The fraction of sp³-hybridized carbons (Fsp3) is 0.143. The number of aryl methyl sites for hydroxylation is 1. The molecule has 0 bridgehead atoms. The van der Waals surface area contributed by atoms with Crippen molar-refractivity contribution in [2.24, 2.45) is 5.16 Å². The van der Waals surface area contributed by atoms with Crippen LogP contribution in [0.5, 0.6) is 0 Å². The van der Waals surface area contributed by atoms with Gasteiger partial charge in [-0.2, -0.15) is 0 Å². The first-order valence-corrected chi connectivity index (χ1v) is 9.80. The molecule has 0 saturated heterocycles. The van der Waals surface area contributed by atoms with Gasteiger partial charge in [-0.15, -0.1) is 0 Å². The molecule has 0 aliphatic rings. The van der Waals surface area contributed by atoms with E-state index in [1.165, 1.54) is 11.1 Å². The molecule has 1 atom stereocenters. The van der Waals surface area contributed by atoms with Gasteiger partial charge in [-0.05, 0) is 57.7 Å². The molecular weight excluding hydrogens is 456 g/mol. The van der Waals surface area contributed by atoms with E-state index in [0.29, 0.717) is 12.1 Å². The molecule has 26 heavy (non-hydrogen) atoms. The summed E-state index contributed by atoms with van der Waals surface area (Å²) in [5.74, 6) is 0.0681. The number of halogens is 2. The summed E-state index contributed by atoms with van der Waals surface area (Å²) in [5, 5.41) is 13.3. The monoisotopic (exact) mass is 472 g/mol. The summed E-state index contributed by atoms with van der Waals surface area (Å²) in [5.41, 5.74) is 5.00. The molecule has 1 heterocycles. The van der Waals surface area contributed by atoms with Crippen molar-refractivity contribution in [1.29, 1.82) is 0 Å². The predicted octanol–water partition coefficient (Wildman–Crippen LogP) is 6.32. The second-order valence-electron chi connectivity index (χ2n) is 6.11. The Balaban J connectivity index is 2.05. The number of hydrogen-bond acceptors (Lipinski definition) is 3. The molecular formula is C21H18Br2N2O. The van der Waals surface area contributed by atoms with Gasteiger partial charge < -0.3 is 5.21 Å². The summed E-state index contributed by atoms with van der Waals surface area (Å²) in [6, 6.07) is 18.5. The van der Waals surface area contributed by atoms with E-state index in [-0.39, 0.29) is 5.92 Å². The number of hydrogen-bond donors (Lipinski definition) is 1. The zero-order valence-corrected chi connectivity index (χ0v) is 17.4. The van der Waals surface area contributed by atoms with E-state index in [2.05, 4.69) is 73.2 Å². The quantitative estimate of drug-likeness (QED) is 0.268. The van der Waals surface area contributed by atoms with Gasteiger partial charge in [-0.1, -0.05) is 57.5 Å². The summed E-state index contributed by atoms with van der Waals surface area (Å²) in [4.78, 5) is 4.19. The second-order valence-corrected chi connectivity index (χ2v) is 7.94. The summed E-state index contributed by atoms with van der Waals surface area (Å²) < 4.78 is 1.88. The fourth-order valence-electron chi connectivity index (χ4n) is 3.09. The standard InChI is InChI=1S/C21H18Br2N2O/c1-14-5-2-3-8-19(14)20(15-6-4-7-17(22)9-15)11-21(25-26)16-10-18(23)13-24-12-16/h2-10,12-13,20,26H,11H2,1H3/b25-21+. The average Bonchev–Trinajstić information content (AvgIpc) is 2.64. The van der Waals surface area contributed by atoms with Crippen LogP contribution in [-0.2, 0) is 0 Å². The molecule has 0 spiro atoms. The third-order valence-corrected chi connectivity index (χ3v) is 5.30. The van der Waals surface area contributed by atoms with Crippen LogP contribution < -0.4 is 0 Å². The van der Waals surface area contributed by atoms with E-state index in [1.54, 1.807) is 12.4 Å². The Kier molecular flexibility index (Phi) is 6.22. The second kappa shape index (κ2) is 8.60. The number of pyridine rings is 1. The molecule has 0 aliphatic carbocycles. The Morgan fingerprint density at radius 2 is 1.85 bits per heavy atom. The lowest BCUT2D eigenvalue weighted by molar-refractivity contribution is 0.317. The highest BCUT2D eigenvalue weighted by atomic mass is 79.9. The summed E-state index contributed by atoms with van der Waals surface area (Å²) in [6.07, 6.45) is 4.00. The Hall–Kier alpha value is -1.98. The van der Waals surface area contributed by atoms with Gasteiger partial charge in [0.2, 0.25) is 0 Å². The van der Waals surface area contributed by atoms with Crippen LogP contribution in [-0.4, -0.2) is 15.9 Å². The van der Waals surface area contributed by atoms with Gasteiger partial charge in [-0.25, -0.2) is 0 Å². The molecule has 0 amide bonds. The molecule has 3 rings (SSSR count). The third kappa shape index (κ3) is 4.40. The molecule has 132 valence electrons. The molecule has 5 heteroatoms. The third-order valence-electron chi connectivity index (χ3n) is 4.37. The molecule has 0 radical (unpaired) electrons. The highest BCUT2D eigenvalue weighted by Crippen LogP contribution is 2.33. The SMILES string of the molecule is Cc1ccccc1C(C/C(=N\O)c1cncc(Br)c1)c1cccc(Br)c1. The summed E-state index contributed by atoms with van der Waals surface area (Å²) in [6.45, 7) is 2.11. The maximum Gasteiger partial charge on any atom is 0.0893 e. The normalized spacial score (nSPS) is 12.8. The van der Waals surface area contributed by atoms with Crippen LogP contribution in [0.25, 0.3) is 0 Å². The molecule has 0 saturated carbocycles. The Morgan fingerprint density at radius 3 is 2.54 bits per heavy atom. The first-order chi connectivity index (χ1) is 12.6. The minimum absolute atomic E-state index is 0.0681. The van der Waals surface area contributed by atoms with Crippen LogP contribution in [0.3, 0.4) is 0 Å². The molecule has 1 unspecified atom stereocenters. The molecule has 3 nitrogen and oxygen atoms in total. The van der Waals surface area contributed by atoms with Gasteiger partial charge in [0.1, 0.15) is 0 Å². The number of benzene rings is 2. The van der Waals surface area contributed by atoms with Gasteiger partial charge in [0.15, 0.2) is 0 Å². The maximum absolute atomic E-state index is 9.67. The van der Waals surface area contributed by atoms with E-state index in [1.807, 2.05) is 30.3 Å². The van der Waals surface area contributed by atoms with Crippen LogP contribution in [0.4, 0.5) is 0 Å². The summed E-state index contributed by atoms with van der Waals surface area (Å²) >= 11 is 6.99. The van der Waals surface area contributed by atoms with Crippen LogP contribution in [0.15, 0.2) is 81.1 Å². The minimum Gasteiger partial charge on any atom is -0.411 e. The van der Waals surface area contributed by atoms with E-state index >= 15 is 0 Å². The van der Waals surface area contributed by atoms with Gasteiger partial charge in [0.05, 0.1) is 5.71 Å². The highest BCUT2D eigenvalue weighted by Gasteiger charge is 2.20. The van der Waals surface area contributed by atoms with E-state index in [0.717, 1.165) is 20.1 Å². The van der Waals surface area contributed by atoms with Crippen molar-refractivity contribution in [3.63, 3.8) is 0 Å². The van der Waals surface area contributed by atoms with Gasteiger partial charge in [-0.3, -0.25) is 4.98 Å². The van der Waals surface area contributed by atoms with E-state index < -0.39 is 0 Å². The van der Waals surface area contributed by atoms with Crippen molar-refractivity contribution in [2.45, 2.75) is 19.3 Å². The van der Waals surface area contributed by atoms with Crippen molar-refractivity contribution in [3.8, 4) is 0 Å². The molecule has 1 N–H and O–H groups in total. The number of aromatic nitrogens is 1. The van der Waals surface area contributed by atoms with Gasteiger partial charge in [0.25, 0.3) is 0 Å². The lowest BCUT2D eigenvalue weighted by Crippen LogP contribution is -2.12. The number of nitrogens with zero attached hydrogens (tertiary/aromatic N) is 2. The average molecular weight is 474 g/mol. The van der Waals surface area contributed by atoms with Gasteiger partial charge >= 0.3 is 0 Å². The fourth-order valence-corrected chi connectivity index (χ4v) is 3.87. The lowest BCUT2D eigenvalue weighted by atomic mass is 9.84. The van der Waals surface area contributed by atoms with E-state index in [4.69, 9.17) is 0 Å². The first-order valence-electron chi connectivity index (χ1n) is 8.21. The topological polar surface area (TPSA) is 45.5 Å². The highest BCUT2D eigenvalue weighted by molar-refractivity contribution is 9.10. The van der Waals surface area contributed by atoms with Crippen molar-refractivity contribution in [3.05, 3.63) is 98.2 Å². The Bertz CT molecular complexity index is 941. The number of rotatable bonds is 5. The van der Waals surface area contributed by atoms with Crippen molar-refractivity contribution in [2.75, 3.05) is 0 Å². The van der Waals surface area contributed by atoms with Crippen LogP contribution >= 0.6 is 31.9 Å². The van der Waals surface area contributed by atoms with Gasteiger partial charge in [0, 0.05) is 39.2 Å². The minimum atomic E-state index is 0.0681. The largest absolute Gasteiger partial charge is 0.411 e. The van der Waals surface area contributed by atoms with E-state index in [9.17, 15) is 5.21 Å². The molecule has 3 aromatic rings. The Morgan fingerprint density at radius 1 is 1.04 bits per heavy atom. The maximum atomic E-state index is 9.67. The molecule has 2 aromatic carbocycles. The Labute approximate surface area is 170 Å². The molecule has 0 fully saturated rings. The zero-order chi connectivity index (χ0) is 18.5. The predicted molar refractivity (Wildman–Crippen MR) is 112 cm³/mol. The van der Waals surface area contributed by atoms with Crippen LogP contribution in [0, 0.1) is 6.92 Å². The lowest BCUT2D eigenvalue weighted by Gasteiger charge is -2.21. The van der Waals surface area contributed by atoms with Crippen LogP contribution in [0.1, 0.15) is 34.6 Å². The number of oxime groups is 1. The van der Waals surface area contributed by atoms with Crippen molar-refractivity contribution < 1.29 is 5.21 Å². The zero-order valence-electron chi connectivity index (χ0n) is 14.2. The first kappa shape index (κ1) is 18.8. The van der Waals surface area contributed by atoms with Crippen LogP contribution in [0.2, 0.25) is 0 Å². The summed E-state index contributed by atoms with van der Waals surface area (Å²) in [7, 11) is 0.